The van der Waals surface area contributed by atoms with E-state index in [1.807, 2.05) is 19.2 Å². The van der Waals surface area contributed by atoms with Gasteiger partial charge in [0.15, 0.2) is 5.65 Å². The second-order valence-corrected chi connectivity index (χ2v) is 9.71. The molecule has 1 saturated carbocycles. The van der Waals surface area contributed by atoms with Crippen LogP contribution in [0.25, 0.3) is 22.1 Å². The molecule has 6 heteroatoms. The van der Waals surface area contributed by atoms with Crippen LogP contribution in [0.15, 0.2) is 41.0 Å². The Morgan fingerprint density at radius 2 is 2.07 bits per heavy atom. The fourth-order valence-electron chi connectivity index (χ4n) is 5.42. The molecule has 1 fully saturated rings. The predicted molar refractivity (Wildman–Crippen MR) is 122 cm³/mol. The molecule has 2 aliphatic carbocycles. The van der Waals surface area contributed by atoms with Crippen LogP contribution < -0.4 is 5.43 Å². The zero-order valence-electron chi connectivity index (χ0n) is 18.3. The van der Waals surface area contributed by atoms with Gasteiger partial charge in [0, 0.05) is 18.6 Å². The topological polar surface area (TPSA) is 68.0 Å². The molecule has 156 valence electrons. The zero-order valence-corrected chi connectivity index (χ0v) is 18.3. The molecular weight excluding hydrogens is 372 g/mol. The van der Waals surface area contributed by atoms with Gasteiger partial charge in [-0.15, -0.1) is 10.2 Å². The molecule has 0 aliphatic heterocycles. The molecule has 6 nitrogen and oxygen atoms in total. The van der Waals surface area contributed by atoms with Crippen LogP contribution in [0.2, 0.25) is 0 Å². The lowest BCUT2D eigenvalue weighted by Gasteiger charge is -2.46. The van der Waals surface area contributed by atoms with Gasteiger partial charge in [-0.25, -0.2) is 5.43 Å². The highest BCUT2D eigenvalue weighted by Crippen LogP contribution is 2.50. The molecule has 0 unspecified atom stereocenters. The molecule has 0 radical (unpaired) electrons. The third-order valence-corrected chi connectivity index (χ3v) is 7.32. The van der Waals surface area contributed by atoms with E-state index in [0.717, 1.165) is 22.1 Å². The number of aromatic nitrogens is 4. The molecular formula is C24H30N6. The van der Waals surface area contributed by atoms with Crippen molar-refractivity contribution in [3.63, 3.8) is 0 Å². The molecule has 0 spiro atoms. The van der Waals surface area contributed by atoms with Crippen molar-refractivity contribution in [2.75, 3.05) is 5.43 Å². The van der Waals surface area contributed by atoms with E-state index in [-0.39, 0.29) is 0 Å². The van der Waals surface area contributed by atoms with E-state index in [9.17, 15) is 0 Å². The van der Waals surface area contributed by atoms with E-state index in [0.29, 0.717) is 29.1 Å². The maximum atomic E-state index is 4.66. The van der Waals surface area contributed by atoms with Crippen molar-refractivity contribution in [2.45, 2.75) is 46.5 Å². The molecule has 2 aromatic heterocycles. The third-order valence-electron chi connectivity index (χ3n) is 7.32. The molecule has 2 aliphatic rings. The van der Waals surface area contributed by atoms with E-state index in [4.69, 9.17) is 0 Å². The number of rotatable bonds is 3. The normalized spacial score (nSPS) is 26.1. The van der Waals surface area contributed by atoms with Crippen LogP contribution in [0.1, 0.15) is 46.5 Å². The van der Waals surface area contributed by atoms with E-state index < -0.39 is 0 Å². The second-order valence-electron chi connectivity index (χ2n) is 9.71. The summed E-state index contributed by atoms with van der Waals surface area (Å²) >= 11 is 0. The number of hydrogen-bond donors (Lipinski definition) is 1. The number of nitrogens with one attached hydrogen (secondary N) is 1. The molecule has 0 bridgehead atoms. The Bertz CT molecular complexity index is 1160. The number of hydrogen-bond acceptors (Lipinski definition) is 5. The first kappa shape index (κ1) is 19.2. The monoisotopic (exact) mass is 402 g/mol. The van der Waals surface area contributed by atoms with Crippen molar-refractivity contribution < 1.29 is 0 Å². The summed E-state index contributed by atoms with van der Waals surface area (Å²) in [5.41, 5.74) is 7.82. The minimum Gasteiger partial charge on any atom is -0.327 e. The first-order chi connectivity index (χ1) is 14.4. The van der Waals surface area contributed by atoms with E-state index >= 15 is 0 Å². The summed E-state index contributed by atoms with van der Waals surface area (Å²) in [6.07, 6.45) is 9.43. The van der Waals surface area contributed by atoms with Gasteiger partial charge in [0.2, 0.25) is 0 Å². The maximum absolute atomic E-state index is 4.66. The van der Waals surface area contributed by atoms with Gasteiger partial charge in [-0.3, -0.25) is 0 Å². The van der Waals surface area contributed by atoms with Gasteiger partial charge >= 0.3 is 0 Å². The van der Waals surface area contributed by atoms with Crippen LogP contribution in [-0.2, 0) is 7.05 Å². The lowest BCUT2D eigenvalue weighted by Crippen LogP contribution is -2.36. The molecule has 3 atom stereocenters. The number of hydrazone groups is 1. The molecule has 0 amide bonds. The highest BCUT2D eigenvalue weighted by atomic mass is 15.4. The third kappa shape index (κ3) is 3.18. The van der Waals surface area contributed by atoms with Crippen molar-refractivity contribution in [1.82, 2.24) is 19.7 Å². The summed E-state index contributed by atoms with van der Waals surface area (Å²) in [4.78, 5) is 4.66. The molecule has 3 aromatic rings. The minimum absolute atomic E-state index is 0.385. The van der Waals surface area contributed by atoms with Gasteiger partial charge in [-0.05, 0) is 54.9 Å². The Hall–Kier alpha value is -2.76. The van der Waals surface area contributed by atoms with Crippen molar-refractivity contribution in [2.24, 2.45) is 35.3 Å². The summed E-state index contributed by atoms with van der Waals surface area (Å²) in [6, 6.07) is 8.17. The molecule has 2 heterocycles. The number of para-hydroxylation sites is 1. The quantitative estimate of drug-likeness (QED) is 0.366. The van der Waals surface area contributed by atoms with Gasteiger partial charge in [0.1, 0.15) is 5.52 Å². The number of anilines is 1. The number of benzene rings is 1. The van der Waals surface area contributed by atoms with Crippen molar-refractivity contribution in [3.8, 4) is 0 Å². The summed E-state index contributed by atoms with van der Waals surface area (Å²) in [5.74, 6) is 2.17. The van der Waals surface area contributed by atoms with Gasteiger partial charge in [0.25, 0.3) is 5.95 Å². The summed E-state index contributed by atoms with van der Waals surface area (Å²) < 4.78 is 2.05. The first-order valence-electron chi connectivity index (χ1n) is 11.0. The Balaban J connectivity index is 1.35. The Kier molecular flexibility index (Phi) is 4.60. The average molecular weight is 403 g/mol. The smallest absolute Gasteiger partial charge is 0.265 e. The molecule has 1 N–H and O–H groups in total. The van der Waals surface area contributed by atoms with Gasteiger partial charge < -0.3 is 4.57 Å². The van der Waals surface area contributed by atoms with E-state index in [2.05, 4.69) is 75.5 Å². The van der Waals surface area contributed by atoms with Crippen LogP contribution >= 0.6 is 0 Å². The Morgan fingerprint density at radius 3 is 2.93 bits per heavy atom. The lowest BCUT2D eigenvalue weighted by atomic mass is 9.59. The molecule has 5 rings (SSSR count). The lowest BCUT2D eigenvalue weighted by molar-refractivity contribution is 0.149. The summed E-state index contributed by atoms with van der Waals surface area (Å²) in [6.45, 7) is 7.19. The fraction of sp³-hybridized carbons (Fsp3) is 0.500. The SMILES string of the molecule is C[C@@H]1CC2=CCCC(C)(C)[C@H]2C[C@H]1/C=N\Nc1nnc2c3ccccc3n(C)c2n1. The highest BCUT2D eigenvalue weighted by molar-refractivity contribution is 6.04. The highest BCUT2D eigenvalue weighted by Gasteiger charge is 2.40. The number of nitrogens with zero attached hydrogens (tertiary/aromatic N) is 5. The number of allylic oxidation sites excluding steroid dienone is 2. The average Bonchev–Trinajstić information content (AvgIpc) is 3.01. The molecule has 0 saturated heterocycles. The van der Waals surface area contributed by atoms with Crippen LogP contribution in [0.3, 0.4) is 0 Å². The second kappa shape index (κ2) is 7.18. The largest absolute Gasteiger partial charge is 0.327 e. The summed E-state index contributed by atoms with van der Waals surface area (Å²) in [5, 5.41) is 14.3. The van der Waals surface area contributed by atoms with Crippen LogP contribution in [-0.4, -0.2) is 26.0 Å². The fourth-order valence-corrected chi connectivity index (χ4v) is 5.42. The van der Waals surface area contributed by atoms with Crippen molar-refractivity contribution >= 4 is 34.2 Å². The molecule has 30 heavy (non-hydrogen) atoms. The maximum Gasteiger partial charge on any atom is 0.265 e. The predicted octanol–water partition coefficient (Wildman–Crippen LogP) is 5.32. The van der Waals surface area contributed by atoms with Gasteiger partial charge in [-0.2, -0.15) is 10.1 Å². The van der Waals surface area contributed by atoms with Crippen LogP contribution in [0.5, 0.6) is 0 Å². The van der Waals surface area contributed by atoms with Crippen molar-refractivity contribution in [1.29, 1.82) is 0 Å². The van der Waals surface area contributed by atoms with Crippen molar-refractivity contribution in [3.05, 3.63) is 35.9 Å². The van der Waals surface area contributed by atoms with E-state index in [1.165, 1.54) is 25.7 Å². The van der Waals surface area contributed by atoms with Crippen LogP contribution in [0, 0.1) is 23.2 Å². The zero-order chi connectivity index (χ0) is 20.9. The Labute approximate surface area is 177 Å². The van der Waals surface area contributed by atoms with Gasteiger partial charge in [-0.1, -0.05) is 50.6 Å². The van der Waals surface area contributed by atoms with E-state index in [1.54, 1.807) is 5.57 Å². The number of aryl methyl sites for hydroxylation is 1. The number of fused-ring (bicyclic) bond motifs is 4. The summed E-state index contributed by atoms with van der Waals surface area (Å²) in [7, 11) is 2.01. The molecule has 1 aromatic carbocycles. The first-order valence-corrected chi connectivity index (χ1v) is 11.0. The minimum atomic E-state index is 0.385. The standard InChI is InChI=1S/C24H30N6/c1-15-12-16-8-7-11-24(2,3)19(16)13-17(15)14-25-28-23-26-22-21(27-29-23)18-9-5-6-10-20(18)30(22)4/h5-6,8-10,14-15,17,19H,7,11-13H2,1-4H3,(H,26,28,29)/b25-14-/t15-,17+,19+/m1/s1. The Morgan fingerprint density at radius 1 is 1.23 bits per heavy atom. The van der Waals surface area contributed by atoms with Gasteiger partial charge in [0.05, 0.1) is 5.52 Å². The van der Waals surface area contributed by atoms with Crippen LogP contribution in [0.4, 0.5) is 5.95 Å².